The van der Waals surface area contributed by atoms with Gasteiger partial charge in [0.1, 0.15) is 6.04 Å². The van der Waals surface area contributed by atoms with Gasteiger partial charge >= 0.3 is 0 Å². The Bertz CT molecular complexity index is 420. The Morgan fingerprint density at radius 1 is 1.56 bits per heavy atom. The average Bonchev–Trinajstić information content (AvgIpc) is 2.98. The molecule has 3 N–H and O–H groups in total. The topological polar surface area (TPSA) is 55.1 Å². The van der Waals surface area contributed by atoms with Gasteiger partial charge in [-0.3, -0.25) is 10.1 Å². The van der Waals surface area contributed by atoms with E-state index in [0.29, 0.717) is 11.1 Å². The van der Waals surface area contributed by atoms with Crippen LogP contribution in [0, 0.1) is 0 Å². The maximum atomic E-state index is 11.4. The van der Waals surface area contributed by atoms with Crippen LogP contribution in [0.4, 0.5) is 0 Å². The first kappa shape index (κ1) is 11.9. The molecule has 1 aliphatic rings. The lowest BCUT2D eigenvalue weighted by Gasteiger charge is -2.16. The minimum Gasteiger partial charge on any atom is -0.368 e. The number of rotatable bonds is 4. The highest BCUT2D eigenvalue weighted by Gasteiger charge is 2.29. The molecule has 0 aromatic heterocycles. The van der Waals surface area contributed by atoms with Crippen molar-refractivity contribution in [3.63, 3.8) is 0 Å². The van der Waals surface area contributed by atoms with Crippen molar-refractivity contribution in [3.05, 3.63) is 33.3 Å². The summed E-state index contributed by atoms with van der Waals surface area (Å²) in [7, 11) is 0. The molecule has 0 heterocycles. The van der Waals surface area contributed by atoms with Gasteiger partial charge in [0.2, 0.25) is 5.91 Å². The molecule has 1 unspecified atom stereocenters. The van der Waals surface area contributed by atoms with Crippen LogP contribution in [0.3, 0.4) is 0 Å². The summed E-state index contributed by atoms with van der Waals surface area (Å²) in [5.41, 5.74) is 6.12. The molecule has 2 rings (SSSR count). The van der Waals surface area contributed by atoms with Gasteiger partial charge in [0, 0.05) is 15.5 Å². The molecule has 1 aliphatic carbocycles. The number of nitrogens with two attached hydrogens (primary N) is 1. The molecular formula is C11H12BrClN2O. The molecule has 0 spiro atoms. The van der Waals surface area contributed by atoms with Crippen LogP contribution < -0.4 is 11.1 Å². The lowest BCUT2D eigenvalue weighted by atomic mass is 10.1. The smallest absolute Gasteiger partial charge is 0.239 e. The van der Waals surface area contributed by atoms with Gasteiger partial charge in [-0.15, -0.1) is 0 Å². The van der Waals surface area contributed by atoms with Crippen LogP contribution >= 0.6 is 27.5 Å². The van der Waals surface area contributed by atoms with E-state index in [-0.39, 0.29) is 0 Å². The molecule has 1 atom stereocenters. The fourth-order valence-corrected chi connectivity index (χ4v) is 2.33. The van der Waals surface area contributed by atoms with E-state index in [4.69, 9.17) is 17.3 Å². The lowest BCUT2D eigenvalue weighted by molar-refractivity contribution is -0.120. The number of benzene rings is 1. The molecule has 1 fully saturated rings. The van der Waals surface area contributed by atoms with Crippen molar-refractivity contribution in [3.8, 4) is 0 Å². The Hall–Kier alpha value is -0.580. The van der Waals surface area contributed by atoms with Gasteiger partial charge in [0.05, 0.1) is 0 Å². The van der Waals surface area contributed by atoms with Crippen LogP contribution in [-0.2, 0) is 4.79 Å². The van der Waals surface area contributed by atoms with Gasteiger partial charge in [-0.2, -0.15) is 0 Å². The molecule has 5 heteroatoms. The molecule has 1 saturated carbocycles. The van der Waals surface area contributed by atoms with Crippen molar-refractivity contribution in [2.24, 2.45) is 5.73 Å². The maximum absolute atomic E-state index is 11.4. The number of carbonyl (C=O) groups excluding carboxylic acids is 1. The normalized spacial score (nSPS) is 17.1. The quantitative estimate of drug-likeness (QED) is 0.897. The summed E-state index contributed by atoms with van der Waals surface area (Å²) in [5, 5.41) is 3.74. The summed E-state index contributed by atoms with van der Waals surface area (Å²) >= 11 is 9.42. The van der Waals surface area contributed by atoms with Gasteiger partial charge < -0.3 is 5.73 Å². The highest BCUT2D eigenvalue weighted by molar-refractivity contribution is 9.10. The summed E-state index contributed by atoms with van der Waals surface area (Å²) < 4.78 is 0.885. The van der Waals surface area contributed by atoms with Crippen LogP contribution in [0.2, 0.25) is 5.02 Å². The van der Waals surface area contributed by atoms with Gasteiger partial charge in [-0.25, -0.2) is 0 Å². The molecule has 86 valence electrons. The molecule has 1 amide bonds. The zero-order valence-corrected chi connectivity index (χ0v) is 10.9. The first-order valence-electron chi connectivity index (χ1n) is 5.08. The van der Waals surface area contributed by atoms with E-state index in [0.717, 1.165) is 22.9 Å². The molecule has 1 aromatic carbocycles. The second-order valence-electron chi connectivity index (χ2n) is 3.94. The number of halogens is 2. The van der Waals surface area contributed by atoms with Crippen molar-refractivity contribution in [1.29, 1.82) is 0 Å². The second kappa shape index (κ2) is 4.73. The summed E-state index contributed by atoms with van der Waals surface area (Å²) in [4.78, 5) is 11.4. The molecule has 0 radical (unpaired) electrons. The minimum absolute atomic E-state index is 0.392. The fraction of sp³-hybridized carbons (Fsp3) is 0.364. The van der Waals surface area contributed by atoms with Crippen LogP contribution in [0.15, 0.2) is 22.7 Å². The first-order valence-corrected chi connectivity index (χ1v) is 6.25. The predicted molar refractivity (Wildman–Crippen MR) is 67.2 cm³/mol. The largest absolute Gasteiger partial charge is 0.368 e. The highest BCUT2D eigenvalue weighted by atomic mass is 79.9. The predicted octanol–water partition coefficient (Wildman–Crippen LogP) is 2.38. The van der Waals surface area contributed by atoms with Gasteiger partial charge in [0.15, 0.2) is 0 Å². The first-order chi connectivity index (χ1) is 7.58. The van der Waals surface area contributed by atoms with E-state index in [1.165, 1.54) is 0 Å². The van der Waals surface area contributed by atoms with Crippen molar-refractivity contribution < 1.29 is 4.79 Å². The number of carbonyl (C=O) groups is 1. The third-order valence-electron chi connectivity index (χ3n) is 2.54. The van der Waals surface area contributed by atoms with E-state index in [2.05, 4.69) is 21.2 Å². The van der Waals surface area contributed by atoms with E-state index < -0.39 is 11.9 Å². The minimum atomic E-state index is -0.493. The zero-order chi connectivity index (χ0) is 11.7. The summed E-state index contributed by atoms with van der Waals surface area (Å²) in [6.45, 7) is 0. The van der Waals surface area contributed by atoms with Gasteiger partial charge in [0.25, 0.3) is 0 Å². The third kappa shape index (κ3) is 2.75. The summed E-state index contributed by atoms with van der Waals surface area (Å²) in [6, 6.07) is 5.34. The molecular weight excluding hydrogens is 291 g/mol. The third-order valence-corrected chi connectivity index (χ3v) is 3.36. The monoisotopic (exact) mass is 302 g/mol. The van der Waals surface area contributed by atoms with E-state index in [1.807, 2.05) is 12.1 Å². The molecule has 3 nitrogen and oxygen atoms in total. The Balaban J connectivity index is 2.26. The van der Waals surface area contributed by atoms with Crippen LogP contribution in [0.1, 0.15) is 24.4 Å². The second-order valence-corrected chi connectivity index (χ2v) is 5.27. The molecule has 0 bridgehead atoms. The van der Waals surface area contributed by atoms with Crippen molar-refractivity contribution in [2.75, 3.05) is 0 Å². The molecule has 0 saturated heterocycles. The zero-order valence-electron chi connectivity index (χ0n) is 8.54. The lowest BCUT2D eigenvalue weighted by Crippen LogP contribution is -2.35. The number of amides is 1. The summed E-state index contributed by atoms with van der Waals surface area (Å²) in [6.07, 6.45) is 2.19. The molecule has 16 heavy (non-hydrogen) atoms. The summed E-state index contributed by atoms with van der Waals surface area (Å²) in [5.74, 6) is -0.392. The van der Waals surface area contributed by atoms with E-state index in [9.17, 15) is 4.79 Å². The maximum Gasteiger partial charge on any atom is 0.239 e. The van der Waals surface area contributed by atoms with Gasteiger partial charge in [-0.1, -0.05) is 33.6 Å². The number of primary amides is 1. The fourth-order valence-electron chi connectivity index (χ4n) is 1.55. The Kier molecular flexibility index (Phi) is 3.52. The van der Waals surface area contributed by atoms with Gasteiger partial charge in [-0.05, 0) is 30.5 Å². The molecule has 0 aliphatic heterocycles. The Morgan fingerprint density at radius 3 is 2.75 bits per heavy atom. The van der Waals surface area contributed by atoms with Crippen LogP contribution in [0.25, 0.3) is 0 Å². The van der Waals surface area contributed by atoms with Crippen molar-refractivity contribution in [2.45, 2.75) is 24.9 Å². The van der Waals surface area contributed by atoms with Crippen LogP contribution in [-0.4, -0.2) is 11.9 Å². The Labute approximate surface area is 107 Å². The highest BCUT2D eigenvalue weighted by Crippen LogP contribution is 2.29. The number of hydrogen-bond donors (Lipinski definition) is 2. The van der Waals surface area contributed by atoms with Crippen LogP contribution in [0.5, 0.6) is 0 Å². The Morgan fingerprint density at radius 2 is 2.25 bits per heavy atom. The SMILES string of the molecule is NC(=O)C(NC1CC1)c1ccc(Br)cc1Cl. The number of nitrogens with one attached hydrogen (secondary N) is 1. The van der Waals surface area contributed by atoms with E-state index >= 15 is 0 Å². The van der Waals surface area contributed by atoms with Crippen molar-refractivity contribution in [1.82, 2.24) is 5.32 Å². The van der Waals surface area contributed by atoms with Crippen molar-refractivity contribution >= 4 is 33.4 Å². The van der Waals surface area contributed by atoms with E-state index in [1.54, 1.807) is 6.07 Å². The number of hydrogen-bond acceptors (Lipinski definition) is 2. The average molecular weight is 304 g/mol. The molecule has 1 aromatic rings. The standard InChI is InChI=1S/C11H12BrClN2O/c12-6-1-4-8(9(13)5-6)10(11(14)16)15-7-2-3-7/h1,4-5,7,10,15H,2-3H2,(H2,14,16).